The van der Waals surface area contributed by atoms with Gasteiger partial charge in [-0.1, -0.05) is 18.2 Å². The molecule has 4 nitrogen and oxygen atoms in total. The van der Waals surface area contributed by atoms with Gasteiger partial charge in [0.25, 0.3) is 0 Å². The normalized spacial score (nSPS) is 11.2. The van der Waals surface area contributed by atoms with Gasteiger partial charge in [-0.2, -0.15) is 13.2 Å². The van der Waals surface area contributed by atoms with Crippen LogP contribution >= 0.6 is 0 Å². The maximum atomic E-state index is 12.4. The van der Waals surface area contributed by atoms with Crippen molar-refractivity contribution in [2.24, 2.45) is 0 Å². The van der Waals surface area contributed by atoms with E-state index in [-0.39, 0.29) is 5.69 Å². The average Bonchev–Trinajstić information content (AvgIpc) is 2.39. The van der Waals surface area contributed by atoms with Crippen LogP contribution in [0.15, 0.2) is 48.7 Å². The number of aromatic nitrogens is 1. The molecule has 2 aromatic rings. The summed E-state index contributed by atoms with van der Waals surface area (Å²) in [5.74, 6) is 0. The van der Waals surface area contributed by atoms with Crippen LogP contribution in [0.1, 0.15) is 5.69 Å². The molecule has 0 spiro atoms. The van der Waals surface area contributed by atoms with E-state index in [1.807, 2.05) is 0 Å². The number of amides is 1. The molecule has 1 N–H and O–H groups in total. The summed E-state index contributed by atoms with van der Waals surface area (Å²) in [5.41, 5.74) is -0.710. The quantitative estimate of drug-likeness (QED) is 0.908. The number of nitrogens with zero attached hydrogens (tertiary/aromatic N) is 2. The van der Waals surface area contributed by atoms with Gasteiger partial charge in [-0.3, -0.25) is 0 Å². The predicted molar refractivity (Wildman–Crippen MR) is 65.8 cm³/mol. The Kier molecular flexibility index (Phi) is 3.60. The molecule has 0 radical (unpaired) electrons. The van der Waals surface area contributed by atoms with Crippen LogP contribution in [0.25, 0.3) is 0 Å². The third-order valence-electron chi connectivity index (χ3n) is 2.50. The van der Waals surface area contributed by atoms with Gasteiger partial charge in [0.05, 0.1) is 17.6 Å². The molecule has 0 bridgehead atoms. The van der Waals surface area contributed by atoms with Crippen molar-refractivity contribution in [3.05, 3.63) is 54.4 Å². The Balaban J connectivity index is 2.39. The van der Waals surface area contributed by atoms with E-state index in [1.54, 1.807) is 18.2 Å². The first-order chi connectivity index (χ1) is 9.39. The summed E-state index contributed by atoms with van der Waals surface area (Å²) in [6.07, 6.45) is -4.98. The van der Waals surface area contributed by atoms with E-state index in [0.717, 1.165) is 23.2 Å². The third kappa shape index (κ3) is 2.87. The lowest BCUT2D eigenvalue weighted by atomic mass is 10.2. The van der Waals surface area contributed by atoms with Crippen molar-refractivity contribution in [2.45, 2.75) is 6.18 Å². The summed E-state index contributed by atoms with van der Waals surface area (Å²) < 4.78 is 37.2. The number of rotatable bonds is 2. The second kappa shape index (κ2) is 5.20. The molecule has 0 aliphatic carbocycles. The molecular weight excluding hydrogens is 273 g/mol. The predicted octanol–water partition coefficient (Wildman–Crippen LogP) is 3.92. The molecule has 1 amide bonds. The van der Waals surface area contributed by atoms with E-state index in [4.69, 9.17) is 0 Å². The highest BCUT2D eigenvalue weighted by Gasteiger charge is 2.32. The molecular formula is C13H9F3N2O2. The lowest BCUT2D eigenvalue weighted by molar-refractivity contribution is -0.141. The second-order valence-corrected chi connectivity index (χ2v) is 3.85. The molecule has 1 heterocycles. The van der Waals surface area contributed by atoms with Gasteiger partial charge >= 0.3 is 12.3 Å². The lowest BCUT2D eigenvalue weighted by Gasteiger charge is -2.19. The Labute approximate surface area is 112 Å². The van der Waals surface area contributed by atoms with E-state index in [2.05, 4.69) is 4.98 Å². The standard InChI is InChI=1S/C13H9F3N2O2/c14-13(15,16)11-7-6-10(8-17-11)18(12(19)20)9-4-2-1-3-5-9/h1-8H,(H,19,20). The number of halogens is 3. The van der Waals surface area contributed by atoms with E-state index in [1.165, 1.54) is 12.1 Å². The third-order valence-corrected chi connectivity index (χ3v) is 2.50. The summed E-state index contributed by atoms with van der Waals surface area (Å²) in [6, 6.07) is 9.84. The van der Waals surface area contributed by atoms with Crippen molar-refractivity contribution in [1.82, 2.24) is 4.98 Å². The van der Waals surface area contributed by atoms with Crippen LogP contribution in [0, 0.1) is 0 Å². The molecule has 20 heavy (non-hydrogen) atoms. The maximum Gasteiger partial charge on any atom is 0.433 e. The van der Waals surface area contributed by atoms with E-state index >= 15 is 0 Å². The van der Waals surface area contributed by atoms with Crippen LogP contribution in [0.2, 0.25) is 0 Å². The first-order valence-corrected chi connectivity index (χ1v) is 5.51. The molecule has 0 atom stereocenters. The highest BCUT2D eigenvalue weighted by molar-refractivity contribution is 5.94. The van der Waals surface area contributed by atoms with Crippen LogP contribution < -0.4 is 4.90 Å². The number of benzene rings is 1. The number of carbonyl (C=O) groups is 1. The van der Waals surface area contributed by atoms with Crippen molar-refractivity contribution in [3.8, 4) is 0 Å². The largest absolute Gasteiger partial charge is 0.464 e. The fourth-order valence-electron chi connectivity index (χ4n) is 1.63. The van der Waals surface area contributed by atoms with Crippen molar-refractivity contribution >= 4 is 17.5 Å². The van der Waals surface area contributed by atoms with E-state index < -0.39 is 18.0 Å². The molecule has 0 fully saturated rings. The van der Waals surface area contributed by atoms with Gasteiger partial charge in [-0.15, -0.1) is 0 Å². The highest BCUT2D eigenvalue weighted by Crippen LogP contribution is 2.30. The molecule has 1 aromatic heterocycles. The number of carboxylic acid groups (broad SMARTS) is 1. The Morgan fingerprint density at radius 2 is 1.70 bits per heavy atom. The summed E-state index contributed by atoms with van der Waals surface area (Å²) in [4.78, 5) is 15.4. The lowest BCUT2D eigenvalue weighted by Crippen LogP contribution is -2.24. The zero-order chi connectivity index (χ0) is 14.8. The van der Waals surface area contributed by atoms with Gasteiger partial charge in [-0.05, 0) is 24.3 Å². The molecule has 0 aliphatic heterocycles. The van der Waals surface area contributed by atoms with Crippen LogP contribution in [-0.2, 0) is 6.18 Å². The van der Waals surface area contributed by atoms with E-state index in [9.17, 15) is 23.1 Å². The molecule has 0 saturated carbocycles. The molecule has 104 valence electrons. The van der Waals surface area contributed by atoms with Crippen molar-refractivity contribution in [2.75, 3.05) is 4.90 Å². The van der Waals surface area contributed by atoms with Crippen LogP contribution in [0.3, 0.4) is 0 Å². The molecule has 0 unspecified atom stereocenters. The topological polar surface area (TPSA) is 53.4 Å². The van der Waals surface area contributed by atoms with Crippen molar-refractivity contribution in [3.63, 3.8) is 0 Å². The van der Waals surface area contributed by atoms with Crippen LogP contribution in [0.4, 0.5) is 29.3 Å². The fourth-order valence-corrected chi connectivity index (χ4v) is 1.63. The number of pyridine rings is 1. The molecule has 0 saturated heterocycles. The number of para-hydroxylation sites is 1. The summed E-state index contributed by atoms with van der Waals surface area (Å²) in [6.45, 7) is 0. The van der Waals surface area contributed by atoms with Crippen molar-refractivity contribution < 1.29 is 23.1 Å². The number of hydrogen-bond donors (Lipinski definition) is 1. The minimum atomic E-state index is -4.56. The molecule has 0 aliphatic rings. The first kappa shape index (κ1) is 13.9. The molecule has 7 heteroatoms. The second-order valence-electron chi connectivity index (χ2n) is 3.85. The maximum absolute atomic E-state index is 12.4. The van der Waals surface area contributed by atoms with Gasteiger partial charge in [0, 0.05) is 0 Å². The van der Waals surface area contributed by atoms with Crippen LogP contribution in [0.5, 0.6) is 0 Å². The Morgan fingerprint density at radius 1 is 1.05 bits per heavy atom. The van der Waals surface area contributed by atoms with Gasteiger partial charge in [0.1, 0.15) is 5.69 Å². The Bertz CT molecular complexity index is 597. The zero-order valence-electron chi connectivity index (χ0n) is 10.0. The SMILES string of the molecule is O=C(O)N(c1ccccc1)c1ccc(C(F)(F)F)nc1. The summed E-state index contributed by atoms with van der Waals surface area (Å²) >= 11 is 0. The molecule has 1 aromatic carbocycles. The van der Waals surface area contributed by atoms with E-state index in [0.29, 0.717) is 5.69 Å². The van der Waals surface area contributed by atoms with Gasteiger partial charge in [0.2, 0.25) is 0 Å². The van der Waals surface area contributed by atoms with Gasteiger partial charge in [-0.25, -0.2) is 14.7 Å². The smallest absolute Gasteiger partial charge is 0.433 e. The Hall–Kier alpha value is -2.57. The summed E-state index contributed by atoms with van der Waals surface area (Å²) in [7, 11) is 0. The minimum Gasteiger partial charge on any atom is -0.464 e. The summed E-state index contributed by atoms with van der Waals surface area (Å²) in [5, 5.41) is 9.19. The van der Waals surface area contributed by atoms with Gasteiger partial charge < -0.3 is 5.11 Å². The van der Waals surface area contributed by atoms with Crippen molar-refractivity contribution in [1.29, 1.82) is 0 Å². The van der Waals surface area contributed by atoms with Crippen LogP contribution in [-0.4, -0.2) is 16.2 Å². The zero-order valence-corrected chi connectivity index (χ0v) is 10.0. The Morgan fingerprint density at radius 3 is 2.15 bits per heavy atom. The number of hydrogen-bond acceptors (Lipinski definition) is 2. The van der Waals surface area contributed by atoms with Gasteiger partial charge in [0.15, 0.2) is 0 Å². The number of anilines is 2. The highest BCUT2D eigenvalue weighted by atomic mass is 19.4. The number of alkyl halides is 3. The fraction of sp³-hybridized carbons (Fsp3) is 0.0769. The monoisotopic (exact) mass is 282 g/mol. The average molecular weight is 282 g/mol. The first-order valence-electron chi connectivity index (χ1n) is 5.51. The molecule has 2 rings (SSSR count). The minimum absolute atomic E-state index is 0.0386.